The highest BCUT2D eigenvalue weighted by Crippen LogP contribution is 2.20. The third-order valence-corrected chi connectivity index (χ3v) is 3.60. The molecule has 26 heavy (non-hydrogen) atoms. The molecule has 0 saturated heterocycles. The smallest absolute Gasteiger partial charge is 0.354 e. The lowest BCUT2D eigenvalue weighted by Gasteiger charge is -2.03. The van der Waals surface area contributed by atoms with Crippen LogP contribution in [0, 0.1) is 0 Å². The zero-order chi connectivity index (χ0) is 18.5. The van der Waals surface area contributed by atoms with Crippen LogP contribution in [0.15, 0.2) is 58.2 Å². The average molecular weight is 391 g/mol. The zero-order valence-electron chi connectivity index (χ0n) is 13.4. The van der Waals surface area contributed by atoms with Crippen LogP contribution < -0.4 is 5.32 Å². The van der Waals surface area contributed by atoms with Crippen LogP contribution >= 0.6 is 23.2 Å². The molecule has 132 valence electrons. The summed E-state index contributed by atoms with van der Waals surface area (Å²) in [6.45, 7) is 1.63. The van der Waals surface area contributed by atoms with Gasteiger partial charge in [0.25, 0.3) is 0 Å². The molecule has 0 atom stereocenters. The van der Waals surface area contributed by atoms with Crippen LogP contribution in [0.2, 0.25) is 10.3 Å². The predicted octanol–water partition coefficient (Wildman–Crippen LogP) is 5.02. The summed E-state index contributed by atoms with van der Waals surface area (Å²) in [4.78, 5) is 20.4. The van der Waals surface area contributed by atoms with E-state index in [0.717, 1.165) is 5.56 Å². The summed E-state index contributed by atoms with van der Waals surface area (Å²) in [6, 6.07) is 14.1. The molecule has 9 heteroatoms. The maximum Gasteiger partial charge on any atom is 0.437 e. The fourth-order valence-corrected chi connectivity index (χ4v) is 2.48. The van der Waals surface area contributed by atoms with Gasteiger partial charge >= 0.3 is 6.09 Å². The lowest BCUT2D eigenvalue weighted by molar-refractivity contribution is 0.166. The number of benzene rings is 1. The second-order valence-electron chi connectivity index (χ2n) is 5.12. The second kappa shape index (κ2) is 7.99. The predicted molar refractivity (Wildman–Crippen MR) is 98.5 cm³/mol. The van der Waals surface area contributed by atoms with Gasteiger partial charge in [-0.05, 0) is 19.1 Å². The molecular formula is C17H12Cl2N4O3. The van der Waals surface area contributed by atoms with Gasteiger partial charge in [-0.2, -0.15) is 0 Å². The van der Waals surface area contributed by atoms with Crippen molar-refractivity contribution in [1.29, 1.82) is 0 Å². The third-order valence-electron chi connectivity index (χ3n) is 3.21. The number of amides is 1. The molecule has 1 N–H and O–H groups in total. The van der Waals surface area contributed by atoms with Gasteiger partial charge in [0, 0.05) is 11.6 Å². The zero-order valence-corrected chi connectivity index (χ0v) is 15.0. The summed E-state index contributed by atoms with van der Waals surface area (Å²) in [5, 5.41) is 10.4. The monoisotopic (exact) mass is 390 g/mol. The summed E-state index contributed by atoms with van der Waals surface area (Å²) in [5.41, 5.74) is 2.24. The highest BCUT2D eigenvalue weighted by Gasteiger charge is 2.11. The third kappa shape index (κ3) is 4.59. The van der Waals surface area contributed by atoms with Gasteiger partial charge in [-0.25, -0.2) is 9.78 Å². The van der Waals surface area contributed by atoms with E-state index in [9.17, 15) is 4.79 Å². The molecule has 0 aliphatic rings. The molecule has 1 aromatic carbocycles. The van der Waals surface area contributed by atoms with Gasteiger partial charge in [0.1, 0.15) is 21.7 Å². The molecule has 7 nitrogen and oxygen atoms in total. The summed E-state index contributed by atoms with van der Waals surface area (Å²) in [7, 11) is 0. The maximum absolute atomic E-state index is 11.8. The Morgan fingerprint density at radius 3 is 2.54 bits per heavy atom. The highest BCUT2D eigenvalue weighted by atomic mass is 35.5. The quantitative estimate of drug-likeness (QED) is 0.292. The first kappa shape index (κ1) is 17.9. The number of hydrogen-bond donors (Lipinski definition) is 1. The molecule has 0 fully saturated rings. The maximum atomic E-state index is 11.8. The minimum atomic E-state index is -0.814. The summed E-state index contributed by atoms with van der Waals surface area (Å²) >= 11 is 11.5. The molecule has 0 radical (unpaired) electrons. The molecule has 0 bridgehead atoms. The van der Waals surface area contributed by atoms with E-state index in [1.165, 1.54) is 12.1 Å². The molecule has 3 aromatic rings. The van der Waals surface area contributed by atoms with E-state index in [-0.39, 0.29) is 10.3 Å². The average Bonchev–Trinajstić information content (AvgIpc) is 3.10. The number of pyridine rings is 1. The Balaban J connectivity index is 1.65. The lowest BCUT2D eigenvalue weighted by atomic mass is 10.1. The SMILES string of the molecule is C/C(=N\OC(=O)Nc1cc(Cl)nc(Cl)c1)c1cc(-c2ccccc2)no1. The van der Waals surface area contributed by atoms with Gasteiger partial charge in [-0.15, -0.1) is 0 Å². The molecule has 3 rings (SSSR count). The molecule has 0 aliphatic heterocycles. The minimum Gasteiger partial charge on any atom is -0.354 e. The van der Waals surface area contributed by atoms with Crippen molar-refractivity contribution in [1.82, 2.24) is 10.1 Å². The Labute approximate surface area is 158 Å². The molecule has 2 heterocycles. The van der Waals surface area contributed by atoms with Gasteiger partial charge in [0.05, 0.1) is 5.69 Å². The topological polar surface area (TPSA) is 89.6 Å². The molecule has 1 amide bonds. The Morgan fingerprint density at radius 2 is 1.85 bits per heavy atom. The summed E-state index contributed by atoms with van der Waals surface area (Å²) < 4.78 is 5.23. The van der Waals surface area contributed by atoms with Gasteiger partial charge < -0.3 is 4.52 Å². The minimum absolute atomic E-state index is 0.141. The Hall–Kier alpha value is -2.90. The fourth-order valence-electron chi connectivity index (χ4n) is 2.02. The number of oxime groups is 1. The first-order chi connectivity index (χ1) is 12.5. The largest absolute Gasteiger partial charge is 0.437 e. The Kier molecular flexibility index (Phi) is 5.50. The van der Waals surface area contributed by atoms with Gasteiger partial charge in [-0.1, -0.05) is 63.8 Å². The Bertz CT molecular complexity index is 937. The lowest BCUT2D eigenvalue weighted by Crippen LogP contribution is -2.12. The first-order valence-electron chi connectivity index (χ1n) is 7.39. The highest BCUT2D eigenvalue weighted by molar-refractivity contribution is 6.32. The number of anilines is 1. The van der Waals surface area contributed by atoms with Crippen LogP contribution in [0.25, 0.3) is 11.3 Å². The van der Waals surface area contributed by atoms with Gasteiger partial charge in [0.2, 0.25) is 0 Å². The van der Waals surface area contributed by atoms with Crippen LogP contribution in [0.3, 0.4) is 0 Å². The van der Waals surface area contributed by atoms with E-state index in [4.69, 9.17) is 32.6 Å². The number of nitrogens with zero attached hydrogens (tertiary/aromatic N) is 3. The van der Waals surface area contributed by atoms with Crippen molar-refractivity contribution >= 4 is 40.7 Å². The Morgan fingerprint density at radius 1 is 1.15 bits per heavy atom. The van der Waals surface area contributed by atoms with E-state index in [1.54, 1.807) is 13.0 Å². The van der Waals surface area contributed by atoms with Gasteiger partial charge in [-0.3, -0.25) is 10.2 Å². The van der Waals surface area contributed by atoms with Crippen LogP contribution in [-0.4, -0.2) is 21.9 Å². The van der Waals surface area contributed by atoms with Crippen LogP contribution in [0.5, 0.6) is 0 Å². The number of aromatic nitrogens is 2. The first-order valence-corrected chi connectivity index (χ1v) is 8.15. The normalized spacial score (nSPS) is 11.3. The van der Waals surface area contributed by atoms with Crippen molar-refractivity contribution in [3.8, 4) is 11.3 Å². The molecule has 0 aliphatic carbocycles. The summed E-state index contributed by atoms with van der Waals surface area (Å²) in [6.07, 6.45) is -0.814. The molecular weight excluding hydrogens is 379 g/mol. The van der Waals surface area contributed by atoms with E-state index < -0.39 is 6.09 Å². The van der Waals surface area contributed by atoms with E-state index >= 15 is 0 Å². The van der Waals surface area contributed by atoms with Crippen molar-refractivity contribution in [3.05, 3.63) is 64.6 Å². The van der Waals surface area contributed by atoms with E-state index in [0.29, 0.717) is 22.9 Å². The van der Waals surface area contributed by atoms with Crippen molar-refractivity contribution in [2.24, 2.45) is 5.16 Å². The number of carbonyl (C=O) groups is 1. The fraction of sp³-hybridized carbons (Fsp3) is 0.0588. The molecule has 0 unspecified atom stereocenters. The van der Waals surface area contributed by atoms with Crippen LogP contribution in [0.4, 0.5) is 10.5 Å². The van der Waals surface area contributed by atoms with E-state index in [1.807, 2.05) is 30.3 Å². The van der Waals surface area contributed by atoms with Crippen molar-refractivity contribution < 1.29 is 14.2 Å². The van der Waals surface area contributed by atoms with Crippen LogP contribution in [-0.2, 0) is 4.84 Å². The van der Waals surface area contributed by atoms with Crippen molar-refractivity contribution in [2.45, 2.75) is 6.92 Å². The second-order valence-corrected chi connectivity index (χ2v) is 5.90. The van der Waals surface area contributed by atoms with E-state index in [2.05, 4.69) is 20.6 Å². The number of nitrogens with one attached hydrogen (secondary N) is 1. The van der Waals surface area contributed by atoms with Gasteiger partial charge in [0.15, 0.2) is 5.76 Å². The number of carbonyl (C=O) groups excluding carboxylic acids is 1. The molecule has 0 spiro atoms. The van der Waals surface area contributed by atoms with Crippen molar-refractivity contribution in [2.75, 3.05) is 5.32 Å². The molecule has 0 saturated carbocycles. The summed E-state index contributed by atoms with van der Waals surface area (Å²) in [5.74, 6) is 0.381. The molecule has 2 aromatic heterocycles. The van der Waals surface area contributed by atoms with Crippen LogP contribution in [0.1, 0.15) is 12.7 Å². The number of rotatable bonds is 4. The standard InChI is InChI=1S/C17H12Cl2N4O3/c1-10(14-9-13(23-25-14)11-5-3-2-4-6-11)22-26-17(24)20-12-7-15(18)21-16(19)8-12/h2-9H,1H3,(H,20,21,24)/b22-10+. The van der Waals surface area contributed by atoms with Crippen molar-refractivity contribution in [3.63, 3.8) is 0 Å². The number of halogens is 2. The number of hydrogen-bond acceptors (Lipinski definition) is 6.